The maximum atomic E-state index is 13.8. The zero-order chi connectivity index (χ0) is 23.1. The minimum Gasteiger partial charge on any atom is -0.394 e. The van der Waals surface area contributed by atoms with Crippen molar-refractivity contribution in [3.05, 3.63) is 68.0 Å². The predicted molar refractivity (Wildman–Crippen MR) is 93.0 cm³/mol. The molecule has 3 N–H and O–H groups in total. The standard InChI is InChI=1S/C18H17F5N2O6/c19-9-2-1-8(11(20)5-9)3-4-24-15(29)10(18(21,22)23)6-25(17(24)30)16-14(28)13(27)12(7-26)31-16/h1-2,5-6,12-14,16,26-28H,3-4,7H2/t12-,13?,14+,16-/m1/s1. The maximum Gasteiger partial charge on any atom is 0.423 e. The van der Waals surface area contributed by atoms with Crippen molar-refractivity contribution in [2.45, 2.75) is 43.7 Å². The van der Waals surface area contributed by atoms with Gasteiger partial charge in [-0.3, -0.25) is 13.9 Å². The van der Waals surface area contributed by atoms with Crippen LogP contribution in [0, 0.1) is 11.6 Å². The molecule has 1 fully saturated rings. The number of aromatic nitrogens is 2. The second-order valence-electron chi connectivity index (χ2n) is 6.90. The van der Waals surface area contributed by atoms with Crippen LogP contribution < -0.4 is 11.2 Å². The van der Waals surface area contributed by atoms with E-state index in [-0.39, 0.29) is 20.9 Å². The molecular formula is C18H17F5N2O6. The molecule has 170 valence electrons. The minimum atomic E-state index is -5.19. The van der Waals surface area contributed by atoms with Gasteiger partial charge in [-0.1, -0.05) is 6.07 Å². The lowest BCUT2D eigenvalue weighted by atomic mass is 10.1. The Morgan fingerprint density at radius 2 is 1.77 bits per heavy atom. The molecule has 0 amide bonds. The molecule has 1 aliphatic rings. The number of hydrogen-bond acceptors (Lipinski definition) is 6. The summed E-state index contributed by atoms with van der Waals surface area (Å²) >= 11 is 0. The molecule has 4 atom stereocenters. The summed E-state index contributed by atoms with van der Waals surface area (Å²) in [7, 11) is 0. The molecule has 0 bridgehead atoms. The van der Waals surface area contributed by atoms with Crippen LogP contribution in [0.1, 0.15) is 17.4 Å². The van der Waals surface area contributed by atoms with Crippen LogP contribution in [-0.2, 0) is 23.9 Å². The van der Waals surface area contributed by atoms with Crippen molar-refractivity contribution < 1.29 is 42.0 Å². The minimum absolute atomic E-state index is 0.149. The molecule has 0 aliphatic carbocycles. The molecule has 2 heterocycles. The molecule has 3 rings (SSSR count). The first-order valence-electron chi connectivity index (χ1n) is 8.95. The average Bonchev–Trinajstić information content (AvgIpc) is 2.96. The predicted octanol–water partition coefficient (Wildman–Crippen LogP) is 0.161. The average molecular weight is 452 g/mol. The van der Waals surface area contributed by atoms with Gasteiger partial charge in [0.05, 0.1) is 6.61 Å². The summed E-state index contributed by atoms with van der Waals surface area (Å²) in [6.07, 6.45) is -12.2. The number of rotatable bonds is 5. The molecule has 1 unspecified atom stereocenters. The normalized spacial score (nSPS) is 24.0. The molecule has 1 aromatic heterocycles. The summed E-state index contributed by atoms with van der Waals surface area (Å²) in [5.41, 5.74) is -4.94. The molecule has 1 aromatic carbocycles. The highest BCUT2D eigenvalue weighted by atomic mass is 19.4. The lowest BCUT2D eigenvalue weighted by Crippen LogP contribution is -2.46. The molecule has 8 nitrogen and oxygen atoms in total. The van der Waals surface area contributed by atoms with Gasteiger partial charge in [-0.15, -0.1) is 0 Å². The monoisotopic (exact) mass is 452 g/mol. The van der Waals surface area contributed by atoms with Crippen molar-refractivity contribution >= 4 is 0 Å². The molecule has 13 heteroatoms. The van der Waals surface area contributed by atoms with E-state index in [9.17, 15) is 41.8 Å². The number of benzene rings is 1. The van der Waals surface area contributed by atoms with E-state index in [0.717, 1.165) is 12.1 Å². The molecule has 2 aromatic rings. The third kappa shape index (κ3) is 4.39. The van der Waals surface area contributed by atoms with E-state index in [0.29, 0.717) is 6.07 Å². The van der Waals surface area contributed by atoms with Crippen LogP contribution in [0.15, 0.2) is 34.0 Å². The van der Waals surface area contributed by atoms with Crippen molar-refractivity contribution in [2.75, 3.05) is 6.61 Å². The van der Waals surface area contributed by atoms with Crippen LogP contribution in [-0.4, -0.2) is 49.4 Å². The van der Waals surface area contributed by atoms with Crippen molar-refractivity contribution in [1.82, 2.24) is 9.13 Å². The van der Waals surface area contributed by atoms with Crippen molar-refractivity contribution in [1.29, 1.82) is 0 Å². The van der Waals surface area contributed by atoms with Gasteiger partial charge in [-0.05, 0) is 18.1 Å². The van der Waals surface area contributed by atoms with Gasteiger partial charge in [0.1, 0.15) is 35.5 Å². The number of ether oxygens (including phenoxy) is 1. The first-order valence-corrected chi connectivity index (χ1v) is 8.95. The Kier molecular flexibility index (Phi) is 6.32. The van der Waals surface area contributed by atoms with Crippen LogP contribution in [0.5, 0.6) is 0 Å². The van der Waals surface area contributed by atoms with Gasteiger partial charge in [0.2, 0.25) is 0 Å². The molecule has 1 aliphatic heterocycles. The summed E-state index contributed by atoms with van der Waals surface area (Å²) in [5, 5.41) is 29.0. The van der Waals surface area contributed by atoms with Gasteiger partial charge in [-0.2, -0.15) is 13.2 Å². The number of halogens is 5. The zero-order valence-corrected chi connectivity index (χ0v) is 15.6. The Bertz CT molecular complexity index is 1080. The molecule has 0 radical (unpaired) electrons. The molecule has 0 spiro atoms. The summed E-state index contributed by atoms with van der Waals surface area (Å²) in [6.45, 7) is -1.49. The van der Waals surface area contributed by atoms with E-state index >= 15 is 0 Å². The van der Waals surface area contributed by atoms with E-state index in [1.807, 2.05) is 0 Å². The lowest BCUT2D eigenvalue weighted by Gasteiger charge is -2.21. The third-order valence-electron chi connectivity index (χ3n) is 4.91. The number of aliphatic hydroxyl groups excluding tert-OH is 3. The lowest BCUT2D eigenvalue weighted by molar-refractivity contribution is -0.140. The number of aliphatic hydroxyl groups is 3. The third-order valence-corrected chi connectivity index (χ3v) is 4.91. The molecule has 0 saturated carbocycles. The largest absolute Gasteiger partial charge is 0.423 e. The van der Waals surface area contributed by atoms with Crippen LogP contribution in [0.3, 0.4) is 0 Å². The molecular weight excluding hydrogens is 435 g/mol. The fraction of sp³-hybridized carbons (Fsp3) is 0.444. The van der Waals surface area contributed by atoms with E-state index in [2.05, 4.69) is 0 Å². The number of nitrogens with zero attached hydrogens (tertiary/aromatic N) is 2. The second kappa shape index (κ2) is 8.49. The Morgan fingerprint density at radius 3 is 2.32 bits per heavy atom. The van der Waals surface area contributed by atoms with Crippen molar-refractivity contribution in [3.8, 4) is 0 Å². The van der Waals surface area contributed by atoms with Gasteiger partial charge in [0.25, 0.3) is 5.56 Å². The van der Waals surface area contributed by atoms with Gasteiger partial charge in [0.15, 0.2) is 6.23 Å². The summed E-state index contributed by atoms with van der Waals surface area (Å²) in [6, 6.07) is 2.47. The van der Waals surface area contributed by atoms with E-state index in [4.69, 9.17) is 9.84 Å². The van der Waals surface area contributed by atoms with Gasteiger partial charge >= 0.3 is 11.9 Å². The smallest absolute Gasteiger partial charge is 0.394 e. The molecule has 1 saturated heterocycles. The van der Waals surface area contributed by atoms with Crippen LogP contribution in [0.25, 0.3) is 0 Å². The van der Waals surface area contributed by atoms with Crippen LogP contribution in [0.2, 0.25) is 0 Å². The van der Waals surface area contributed by atoms with E-state index in [1.165, 1.54) is 0 Å². The highest BCUT2D eigenvalue weighted by Crippen LogP contribution is 2.30. The first kappa shape index (κ1) is 23.1. The Balaban J connectivity index is 2.07. The topological polar surface area (TPSA) is 114 Å². The first-order chi connectivity index (χ1) is 14.5. The fourth-order valence-electron chi connectivity index (χ4n) is 3.26. The fourth-order valence-corrected chi connectivity index (χ4v) is 3.26. The summed E-state index contributed by atoms with van der Waals surface area (Å²) in [4.78, 5) is 25.0. The van der Waals surface area contributed by atoms with E-state index in [1.54, 1.807) is 0 Å². The number of aryl methyl sites for hydroxylation is 1. The summed E-state index contributed by atoms with van der Waals surface area (Å²) < 4.78 is 72.6. The van der Waals surface area contributed by atoms with E-state index < -0.39 is 78.7 Å². The van der Waals surface area contributed by atoms with Gasteiger partial charge in [-0.25, -0.2) is 13.6 Å². The summed E-state index contributed by atoms with van der Waals surface area (Å²) in [5.74, 6) is -1.90. The zero-order valence-electron chi connectivity index (χ0n) is 15.6. The maximum absolute atomic E-state index is 13.8. The quantitative estimate of drug-likeness (QED) is 0.558. The van der Waals surface area contributed by atoms with Crippen molar-refractivity contribution in [3.63, 3.8) is 0 Å². The SMILES string of the molecule is O=c1c(C(F)(F)F)cn([C@@H]2O[C@H](CO)C(O)[C@@H]2O)c(=O)n1CCc1ccc(F)cc1F. The second-order valence-corrected chi connectivity index (χ2v) is 6.90. The molecule has 31 heavy (non-hydrogen) atoms. The number of hydrogen-bond donors (Lipinski definition) is 3. The van der Waals surface area contributed by atoms with Gasteiger partial charge in [0, 0.05) is 18.8 Å². The van der Waals surface area contributed by atoms with Crippen LogP contribution in [0.4, 0.5) is 22.0 Å². The Labute approximate surface area is 170 Å². The highest BCUT2D eigenvalue weighted by Gasteiger charge is 2.45. The highest BCUT2D eigenvalue weighted by molar-refractivity contribution is 5.19. The van der Waals surface area contributed by atoms with Crippen LogP contribution >= 0.6 is 0 Å². The van der Waals surface area contributed by atoms with Gasteiger partial charge < -0.3 is 20.1 Å². The Hall–Kier alpha value is -2.61. The number of alkyl halides is 3. The Morgan fingerprint density at radius 1 is 1.10 bits per heavy atom. The van der Waals surface area contributed by atoms with Crippen molar-refractivity contribution in [2.24, 2.45) is 0 Å².